The Hall–Kier alpha value is -1.89. The Kier molecular flexibility index (Phi) is 7.68. The molecule has 148 valence electrons. The second-order valence-corrected chi connectivity index (χ2v) is 8.43. The molecule has 0 radical (unpaired) electrons. The summed E-state index contributed by atoms with van der Waals surface area (Å²) in [5, 5.41) is 17.4. The van der Waals surface area contributed by atoms with Crippen molar-refractivity contribution in [2.75, 3.05) is 6.54 Å². The summed E-state index contributed by atoms with van der Waals surface area (Å²) in [6.07, 6.45) is 9.64. The Morgan fingerprint density at radius 1 is 1.26 bits per heavy atom. The highest BCUT2D eigenvalue weighted by atomic mass is 32.1. The van der Waals surface area contributed by atoms with Gasteiger partial charge in [0.05, 0.1) is 6.54 Å². The fourth-order valence-corrected chi connectivity index (χ4v) is 4.21. The van der Waals surface area contributed by atoms with E-state index < -0.39 is 0 Å². The van der Waals surface area contributed by atoms with Crippen LogP contribution in [0, 0.1) is 12.8 Å². The molecule has 6 nitrogen and oxygen atoms in total. The summed E-state index contributed by atoms with van der Waals surface area (Å²) in [4.78, 5) is 6.03. The molecule has 2 heterocycles. The standard InChI is InChI=1S/C20H32N6S/c1-16-24-25-19(26(16)2)15-23-20(22-14-18-11-7-13-27-18)21-12-6-10-17-8-4-3-5-9-17/h7,11,13,17H,3-6,8-10,12,14-15H2,1-2H3,(H2,21,22,23). The number of hydrogen-bond donors (Lipinski definition) is 2. The van der Waals surface area contributed by atoms with Crippen LogP contribution >= 0.6 is 11.3 Å². The molecule has 1 saturated carbocycles. The zero-order valence-corrected chi connectivity index (χ0v) is 17.4. The zero-order valence-electron chi connectivity index (χ0n) is 16.6. The third kappa shape index (κ3) is 6.34. The number of rotatable bonds is 8. The van der Waals surface area contributed by atoms with E-state index in [-0.39, 0.29) is 0 Å². The lowest BCUT2D eigenvalue weighted by Gasteiger charge is -2.21. The van der Waals surface area contributed by atoms with E-state index in [1.165, 1.54) is 49.8 Å². The summed E-state index contributed by atoms with van der Waals surface area (Å²) >= 11 is 1.76. The molecule has 2 aromatic rings. The number of thiophene rings is 1. The molecule has 7 heteroatoms. The van der Waals surface area contributed by atoms with Crippen molar-refractivity contribution in [2.45, 2.75) is 65.0 Å². The van der Waals surface area contributed by atoms with Crippen LogP contribution in [0.25, 0.3) is 0 Å². The first-order chi connectivity index (χ1) is 13.2. The summed E-state index contributed by atoms with van der Waals surface area (Å²) in [7, 11) is 1.98. The van der Waals surface area contributed by atoms with Crippen LogP contribution in [0.5, 0.6) is 0 Å². The lowest BCUT2D eigenvalue weighted by molar-refractivity contribution is 0.332. The van der Waals surface area contributed by atoms with Gasteiger partial charge in [-0.2, -0.15) is 0 Å². The second kappa shape index (κ2) is 10.4. The number of nitrogens with one attached hydrogen (secondary N) is 2. The van der Waals surface area contributed by atoms with Crippen molar-refractivity contribution < 1.29 is 0 Å². The van der Waals surface area contributed by atoms with Gasteiger partial charge < -0.3 is 15.2 Å². The van der Waals surface area contributed by atoms with E-state index in [1.807, 2.05) is 18.5 Å². The highest BCUT2D eigenvalue weighted by molar-refractivity contribution is 7.09. The fourth-order valence-electron chi connectivity index (χ4n) is 3.57. The van der Waals surface area contributed by atoms with Gasteiger partial charge in [-0.05, 0) is 37.1 Å². The van der Waals surface area contributed by atoms with Crippen molar-refractivity contribution >= 4 is 17.3 Å². The molecular formula is C20H32N6S. The van der Waals surface area contributed by atoms with E-state index in [1.54, 1.807) is 11.3 Å². The van der Waals surface area contributed by atoms with Gasteiger partial charge in [0.25, 0.3) is 0 Å². The van der Waals surface area contributed by atoms with Gasteiger partial charge in [0.15, 0.2) is 11.8 Å². The maximum Gasteiger partial charge on any atom is 0.192 e. The summed E-state index contributed by atoms with van der Waals surface area (Å²) in [5.41, 5.74) is 0. The van der Waals surface area contributed by atoms with Crippen molar-refractivity contribution in [2.24, 2.45) is 18.0 Å². The van der Waals surface area contributed by atoms with Crippen LogP contribution in [-0.4, -0.2) is 27.3 Å². The third-order valence-corrected chi connectivity index (χ3v) is 6.25. The first-order valence-electron chi connectivity index (χ1n) is 10.1. The first kappa shape index (κ1) is 19.9. The number of aliphatic imine (C=N–C) groups is 1. The van der Waals surface area contributed by atoms with Crippen LogP contribution in [0.2, 0.25) is 0 Å². The number of aryl methyl sites for hydroxylation is 1. The van der Waals surface area contributed by atoms with Gasteiger partial charge in [0.1, 0.15) is 12.4 Å². The van der Waals surface area contributed by atoms with E-state index in [9.17, 15) is 0 Å². The first-order valence-corrected chi connectivity index (χ1v) is 11.0. The van der Waals surface area contributed by atoms with E-state index >= 15 is 0 Å². The SMILES string of the molecule is Cc1nnc(CN=C(NCCCC2CCCCC2)NCc2cccs2)n1C. The van der Waals surface area contributed by atoms with E-state index in [0.29, 0.717) is 6.54 Å². The van der Waals surface area contributed by atoms with Crippen molar-refractivity contribution in [3.8, 4) is 0 Å². The normalized spacial score (nSPS) is 15.9. The monoisotopic (exact) mass is 388 g/mol. The van der Waals surface area contributed by atoms with Gasteiger partial charge in [0, 0.05) is 18.5 Å². The number of hydrogen-bond acceptors (Lipinski definition) is 4. The molecule has 0 amide bonds. The van der Waals surface area contributed by atoms with E-state index in [4.69, 9.17) is 4.99 Å². The number of guanidine groups is 1. The van der Waals surface area contributed by atoms with Gasteiger partial charge in [-0.1, -0.05) is 38.2 Å². The number of nitrogens with zero attached hydrogens (tertiary/aromatic N) is 4. The summed E-state index contributed by atoms with van der Waals surface area (Å²) in [6, 6.07) is 4.23. The Morgan fingerprint density at radius 2 is 2.11 bits per heavy atom. The second-order valence-electron chi connectivity index (χ2n) is 7.39. The maximum atomic E-state index is 4.73. The van der Waals surface area contributed by atoms with Crippen LogP contribution < -0.4 is 10.6 Å². The summed E-state index contributed by atoms with van der Waals surface area (Å²) in [6.45, 7) is 4.24. The van der Waals surface area contributed by atoms with Crippen molar-refractivity contribution in [3.05, 3.63) is 34.0 Å². The smallest absolute Gasteiger partial charge is 0.192 e. The van der Waals surface area contributed by atoms with Crippen molar-refractivity contribution in [3.63, 3.8) is 0 Å². The average molecular weight is 389 g/mol. The quantitative estimate of drug-likeness (QED) is 0.410. The molecule has 3 rings (SSSR count). The van der Waals surface area contributed by atoms with Gasteiger partial charge in [0.2, 0.25) is 0 Å². The molecule has 27 heavy (non-hydrogen) atoms. The minimum Gasteiger partial charge on any atom is -0.356 e. The van der Waals surface area contributed by atoms with Crippen LogP contribution in [-0.2, 0) is 20.1 Å². The van der Waals surface area contributed by atoms with Crippen molar-refractivity contribution in [1.82, 2.24) is 25.4 Å². The molecule has 0 atom stereocenters. The molecule has 0 spiro atoms. The van der Waals surface area contributed by atoms with Crippen LogP contribution in [0.3, 0.4) is 0 Å². The van der Waals surface area contributed by atoms with Gasteiger partial charge in [-0.3, -0.25) is 0 Å². The van der Waals surface area contributed by atoms with Crippen LogP contribution in [0.4, 0.5) is 0 Å². The summed E-state index contributed by atoms with van der Waals surface area (Å²) < 4.78 is 1.99. The predicted octanol–water partition coefficient (Wildman–Crippen LogP) is 3.78. The predicted molar refractivity (Wildman–Crippen MR) is 112 cm³/mol. The topological polar surface area (TPSA) is 67.1 Å². The van der Waals surface area contributed by atoms with Crippen LogP contribution in [0.1, 0.15) is 61.5 Å². The third-order valence-electron chi connectivity index (χ3n) is 5.38. The molecule has 0 saturated heterocycles. The Bertz CT molecular complexity index is 700. The zero-order chi connectivity index (χ0) is 18.9. The minimum atomic E-state index is 0.528. The molecule has 2 N–H and O–H groups in total. The Balaban J connectivity index is 1.50. The molecule has 2 aromatic heterocycles. The van der Waals surface area contributed by atoms with Gasteiger partial charge in [-0.25, -0.2) is 4.99 Å². The molecule has 1 fully saturated rings. The molecular weight excluding hydrogens is 356 g/mol. The molecule has 0 unspecified atom stereocenters. The van der Waals surface area contributed by atoms with Gasteiger partial charge >= 0.3 is 0 Å². The summed E-state index contributed by atoms with van der Waals surface area (Å²) in [5.74, 6) is 3.58. The van der Waals surface area contributed by atoms with E-state index in [0.717, 1.165) is 36.6 Å². The molecule has 0 aliphatic heterocycles. The Labute approximate surface area is 166 Å². The molecule has 0 bridgehead atoms. The molecule has 0 aromatic carbocycles. The Morgan fingerprint density at radius 3 is 2.81 bits per heavy atom. The van der Waals surface area contributed by atoms with Crippen LogP contribution in [0.15, 0.2) is 22.5 Å². The lowest BCUT2D eigenvalue weighted by Crippen LogP contribution is -2.37. The number of aromatic nitrogens is 3. The van der Waals surface area contributed by atoms with Crippen molar-refractivity contribution in [1.29, 1.82) is 0 Å². The molecule has 1 aliphatic rings. The molecule has 1 aliphatic carbocycles. The lowest BCUT2D eigenvalue weighted by atomic mass is 9.86. The van der Waals surface area contributed by atoms with Gasteiger partial charge in [-0.15, -0.1) is 21.5 Å². The minimum absolute atomic E-state index is 0.528. The highest BCUT2D eigenvalue weighted by Gasteiger charge is 2.12. The maximum absolute atomic E-state index is 4.73. The average Bonchev–Trinajstić information content (AvgIpc) is 3.32. The van der Waals surface area contributed by atoms with E-state index in [2.05, 4.69) is 38.3 Å². The largest absolute Gasteiger partial charge is 0.356 e. The fraction of sp³-hybridized carbons (Fsp3) is 0.650. The highest BCUT2D eigenvalue weighted by Crippen LogP contribution is 2.26.